The Labute approximate surface area is 60.3 Å². The number of hydrogen-bond acceptors (Lipinski definition) is 1. The Morgan fingerprint density at radius 2 is 2.25 bits per heavy atom. The number of rotatable bonds is 4. The summed E-state index contributed by atoms with van der Waals surface area (Å²) in [4.78, 5) is 0. The second-order valence-electron chi connectivity index (χ2n) is 1.29. The first-order valence-electron chi connectivity index (χ1n) is 2.70. The van der Waals surface area contributed by atoms with Crippen molar-refractivity contribution in [1.82, 2.24) is 0 Å². The minimum absolute atomic E-state index is 0.643. The molecule has 0 heterocycles. The van der Waals surface area contributed by atoms with Crippen molar-refractivity contribution in [2.45, 2.75) is 6.92 Å². The Kier molecular flexibility index (Phi) is 7.73. The maximum atomic E-state index is 5.38. The van der Waals surface area contributed by atoms with Gasteiger partial charge in [-0.25, -0.2) is 0 Å². The molecular weight excluding hydrogens is 140 g/mol. The molecule has 0 fully saturated rings. The zero-order valence-corrected chi connectivity index (χ0v) is 6.63. The predicted octanol–water partition coefficient (Wildman–Crippen LogP) is 2.53. The van der Waals surface area contributed by atoms with Crippen LogP contribution < -0.4 is 0 Å². The highest BCUT2D eigenvalue weighted by molar-refractivity contribution is 7.99. The molecule has 8 heavy (non-hydrogen) atoms. The Morgan fingerprint density at radius 3 is 2.75 bits per heavy atom. The van der Waals surface area contributed by atoms with E-state index >= 15 is 0 Å². The largest absolute Gasteiger partial charge is 0.158 e. The van der Waals surface area contributed by atoms with Crippen LogP contribution in [0, 0.1) is 0 Å². The molecule has 0 saturated heterocycles. The summed E-state index contributed by atoms with van der Waals surface area (Å²) in [7, 11) is 0. The first kappa shape index (κ1) is 8.38. The van der Waals surface area contributed by atoms with Gasteiger partial charge in [0, 0.05) is 11.6 Å². The number of hydrogen-bond donors (Lipinski definition) is 0. The Bertz CT molecular complexity index is 61.5. The van der Waals surface area contributed by atoms with Crippen molar-refractivity contribution in [3.63, 3.8) is 0 Å². The van der Waals surface area contributed by atoms with Crippen LogP contribution >= 0.6 is 23.4 Å². The zero-order valence-electron chi connectivity index (χ0n) is 5.06. The molecule has 0 aromatic carbocycles. The van der Waals surface area contributed by atoms with Gasteiger partial charge in [-0.05, 0) is 5.75 Å². The van der Waals surface area contributed by atoms with E-state index in [1.54, 1.807) is 0 Å². The number of halogens is 1. The average molecular weight is 151 g/mol. The van der Waals surface area contributed by atoms with E-state index in [2.05, 4.69) is 13.0 Å². The van der Waals surface area contributed by atoms with Crippen molar-refractivity contribution in [3.8, 4) is 0 Å². The molecule has 0 aliphatic heterocycles. The molecule has 0 unspecified atom stereocenters. The lowest BCUT2D eigenvalue weighted by atomic mass is 10.6. The highest BCUT2D eigenvalue weighted by Crippen LogP contribution is 1.97. The summed E-state index contributed by atoms with van der Waals surface area (Å²) in [6.45, 7) is 2.15. The summed E-state index contributed by atoms with van der Waals surface area (Å²) in [5, 5.41) is 0. The maximum absolute atomic E-state index is 5.38. The molecule has 0 atom stereocenters. The van der Waals surface area contributed by atoms with Gasteiger partial charge in [-0.2, -0.15) is 11.8 Å². The summed E-state index contributed by atoms with van der Waals surface area (Å²) in [6, 6.07) is 0. The molecule has 0 rings (SSSR count). The van der Waals surface area contributed by atoms with Gasteiger partial charge in [0.1, 0.15) is 0 Å². The summed E-state index contributed by atoms with van der Waals surface area (Å²) < 4.78 is 0. The molecule has 2 heteroatoms. The molecular formula is C6H11ClS. The van der Waals surface area contributed by atoms with E-state index in [4.69, 9.17) is 11.6 Å². The summed E-state index contributed by atoms with van der Waals surface area (Å²) in [5.41, 5.74) is 0. The van der Waals surface area contributed by atoms with Crippen LogP contribution in [-0.4, -0.2) is 17.4 Å². The lowest BCUT2D eigenvalue weighted by Crippen LogP contribution is -1.71. The normalized spacial score (nSPS) is 10.8. The fraction of sp³-hybridized carbons (Fsp3) is 0.667. The van der Waals surface area contributed by atoms with Gasteiger partial charge in [0.25, 0.3) is 0 Å². The lowest BCUT2D eigenvalue weighted by molar-refractivity contribution is 1.51. The van der Waals surface area contributed by atoms with Crippen LogP contribution in [-0.2, 0) is 0 Å². The van der Waals surface area contributed by atoms with Gasteiger partial charge in [0.2, 0.25) is 0 Å². The predicted molar refractivity (Wildman–Crippen MR) is 42.9 cm³/mol. The van der Waals surface area contributed by atoms with Crippen LogP contribution in [0.25, 0.3) is 0 Å². The van der Waals surface area contributed by atoms with Crippen molar-refractivity contribution >= 4 is 23.4 Å². The molecule has 0 aliphatic carbocycles. The number of thioether (sulfide) groups is 1. The molecule has 0 spiro atoms. The SMILES string of the molecule is CCSC/C=C/CCl. The Hall–Kier alpha value is 0.380. The molecule has 0 aromatic heterocycles. The minimum atomic E-state index is 0.643. The molecule has 48 valence electrons. The first-order valence-corrected chi connectivity index (χ1v) is 4.39. The second-order valence-corrected chi connectivity index (χ2v) is 2.91. The van der Waals surface area contributed by atoms with Crippen molar-refractivity contribution in [2.24, 2.45) is 0 Å². The van der Waals surface area contributed by atoms with Crippen LogP contribution in [0.15, 0.2) is 12.2 Å². The van der Waals surface area contributed by atoms with Crippen molar-refractivity contribution < 1.29 is 0 Å². The van der Waals surface area contributed by atoms with E-state index in [1.807, 2.05) is 17.8 Å². The van der Waals surface area contributed by atoms with E-state index in [-0.39, 0.29) is 0 Å². The maximum Gasteiger partial charge on any atom is 0.0404 e. The van der Waals surface area contributed by atoms with Crippen molar-refractivity contribution in [1.29, 1.82) is 0 Å². The van der Waals surface area contributed by atoms with Gasteiger partial charge in [0.15, 0.2) is 0 Å². The van der Waals surface area contributed by atoms with Gasteiger partial charge < -0.3 is 0 Å². The summed E-state index contributed by atoms with van der Waals surface area (Å²) in [6.07, 6.45) is 4.07. The van der Waals surface area contributed by atoms with E-state index < -0.39 is 0 Å². The van der Waals surface area contributed by atoms with Gasteiger partial charge in [-0.15, -0.1) is 11.6 Å². The smallest absolute Gasteiger partial charge is 0.0404 e. The van der Waals surface area contributed by atoms with Gasteiger partial charge in [-0.1, -0.05) is 19.1 Å². The summed E-state index contributed by atoms with van der Waals surface area (Å²) in [5.74, 6) is 2.93. The van der Waals surface area contributed by atoms with Crippen molar-refractivity contribution in [2.75, 3.05) is 17.4 Å². The van der Waals surface area contributed by atoms with Crippen molar-refractivity contribution in [3.05, 3.63) is 12.2 Å². The average Bonchev–Trinajstić information content (AvgIpc) is 1.81. The standard InChI is InChI=1S/C6H11ClS/c1-2-8-6-4-3-5-7/h3-4H,2,5-6H2,1H3/b4-3+. The molecule has 0 radical (unpaired) electrons. The number of allylic oxidation sites excluding steroid dienone is 1. The first-order chi connectivity index (χ1) is 3.91. The van der Waals surface area contributed by atoms with E-state index in [9.17, 15) is 0 Å². The monoisotopic (exact) mass is 150 g/mol. The van der Waals surface area contributed by atoms with Crippen LogP contribution in [0.5, 0.6) is 0 Å². The fourth-order valence-corrected chi connectivity index (χ4v) is 0.951. The highest BCUT2D eigenvalue weighted by Gasteiger charge is 1.74. The molecule has 0 aliphatic rings. The minimum Gasteiger partial charge on any atom is -0.158 e. The van der Waals surface area contributed by atoms with Gasteiger partial charge >= 0.3 is 0 Å². The quantitative estimate of drug-likeness (QED) is 0.337. The van der Waals surface area contributed by atoms with Crippen LogP contribution in [0.1, 0.15) is 6.92 Å². The molecule has 0 bridgehead atoms. The molecule has 0 saturated carbocycles. The second kappa shape index (κ2) is 7.38. The van der Waals surface area contributed by atoms with E-state index in [0.717, 1.165) is 5.75 Å². The third-order valence-corrected chi connectivity index (χ3v) is 1.69. The number of alkyl halides is 1. The topological polar surface area (TPSA) is 0 Å². The van der Waals surface area contributed by atoms with Gasteiger partial charge in [0.05, 0.1) is 0 Å². The molecule has 0 aromatic rings. The van der Waals surface area contributed by atoms with Gasteiger partial charge in [-0.3, -0.25) is 0 Å². The molecule has 0 N–H and O–H groups in total. The Balaban J connectivity index is 2.80. The third-order valence-electron chi connectivity index (χ3n) is 0.674. The molecule has 0 amide bonds. The Morgan fingerprint density at radius 1 is 1.50 bits per heavy atom. The third kappa shape index (κ3) is 6.38. The van der Waals surface area contributed by atoms with Crippen LogP contribution in [0.3, 0.4) is 0 Å². The van der Waals surface area contributed by atoms with E-state index in [1.165, 1.54) is 5.75 Å². The molecule has 0 nitrogen and oxygen atoms in total. The van der Waals surface area contributed by atoms with Crippen LogP contribution in [0.4, 0.5) is 0 Å². The summed E-state index contributed by atoms with van der Waals surface area (Å²) >= 11 is 7.29. The zero-order chi connectivity index (χ0) is 6.24. The fourth-order valence-electron chi connectivity index (χ4n) is 0.317. The highest BCUT2D eigenvalue weighted by atomic mass is 35.5. The van der Waals surface area contributed by atoms with E-state index in [0.29, 0.717) is 5.88 Å². The lowest BCUT2D eigenvalue weighted by Gasteiger charge is -1.85. The van der Waals surface area contributed by atoms with Crippen LogP contribution in [0.2, 0.25) is 0 Å².